The van der Waals surface area contributed by atoms with Gasteiger partial charge in [-0.15, -0.1) is 0 Å². The monoisotopic (exact) mass is 344 g/mol. The molecule has 21 heavy (non-hydrogen) atoms. The summed E-state index contributed by atoms with van der Waals surface area (Å²) in [6.45, 7) is 0. The van der Waals surface area contributed by atoms with Crippen LogP contribution >= 0.6 is 11.6 Å². The number of amides is 1. The summed E-state index contributed by atoms with van der Waals surface area (Å²) in [5, 5.41) is 5.03. The lowest BCUT2D eigenvalue weighted by molar-refractivity contribution is -0.138. The van der Waals surface area contributed by atoms with Crippen LogP contribution in [0, 0.1) is 0 Å². The zero-order valence-corrected chi connectivity index (χ0v) is 12.1. The first-order chi connectivity index (χ1) is 9.42. The second-order valence-corrected chi connectivity index (χ2v) is 6.30. The minimum atomic E-state index is -4.51. The lowest BCUT2D eigenvalue weighted by atomic mass is 9.93. The second kappa shape index (κ2) is 6.20. The Morgan fingerprint density at radius 1 is 1.33 bits per heavy atom. The molecule has 0 heterocycles. The van der Waals surface area contributed by atoms with Crippen LogP contribution in [0.1, 0.15) is 24.3 Å². The van der Waals surface area contributed by atoms with Crippen LogP contribution in [-0.2, 0) is 14.8 Å². The molecule has 0 saturated carbocycles. The molecule has 4 N–H and O–H groups in total. The maximum Gasteiger partial charge on any atom is 0.389 e. The fraction of sp³-hybridized carbons (Fsp3) is 0.364. The van der Waals surface area contributed by atoms with Gasteiger partial charge in [-0.25, -0.2) is 13.6 Å². The molecule has 0 radical (unpaired) electrons. The van der Waals surface area contributed by atoms with Crippen molar-refractivity contribution in [3.63, 3.8) is 0 Å². The third-order valence-corrected chi connectivity index (χ3v) is 3.93. The number of carbonyl (C=O) groups excluding carboxylic acids is 1. The number of sulfonamides is 1. The molecule has 0 bridgehead atoms. The largest absolute Gasteiger partial charge is 0.389 e. The average Bonchev–Trinajstić information content (AvgIpc) is 2.25. The molecule has 0 spiro atoms. The van der Waals surface area contributed by atoms with Crippen LogP contribution in [0.4, 0.5) is 13.2 Å². The van der Waals surface area contributed by atoms with Gasteiger partial charge < -0.3 is 5.73 Å². The van der Waals surface area contributed by atoms with Crippen molar-refractivity contribution in [2.45, 2.75) is 29.8 Å². The van der Waals surface area contributed by atoms with Crippen molar-refractivity contribution >= 4 is 27.5 Å². The van der Waals surface area contributed by atoms with Gasteiger partial charge in [0.2, 0.25) is 15.9 Å². The third kappa shape index (κ3) is 5.18. The second-order valence-electron chi connectivity index (χ2n) is 4.34. The summed E-state index contributed by atoms with van der Waals surface area (Å²) in [4.78, 5) is 10.9. The Hall–Kier alpha value is -1.32. The van der Waals surface area contributed by atoms with Crippen LogP contribution in [0.3, 0.4) is 0 Å². The van der Waals surface area contributed by atoms with E-state index in [2.05, 4.69) is 0 Å². The molecule has 1 aromatic carbocycles. The van der Waals surface area contributed by atoms with Crippen LogP contribution in [-0.4, -0.2) is 20.5 Å². The van der Waals surface area contributed by atoms with E-state index in [4.69, 9.17) is 22.5 Å². The fourth-order valence-corrected chi connectivity index (χ4v) is 2.78. The summed E-state index contributed by atoms with van der Waals surface area (Å²) < 4.78 is 59.8. The van der Waals surface area contributed by atoms with Gasteiger partial charge >= 0.3 is 6.18 Å². The molecule has 1 rings (SSSR count). The number of hydrogen-bond donors (Lipinski definition) is 2. The first-order valence-corrected chi connectivity index (χ1v) is 7.52. The van der Waals surface area contributed by atoms with Crippen molar-refractivity contribution in [1.82, 2.24) is 0 Å². The van der Waals surface area contributed by atoms with Crippen molar-refractivity contribution in [2.75, 3.05) is 0 Å². The van der Waals surface area contributed by atoms with Crippen LogP contribution in [0.5, 0.6) is 0 Å². The fourth-order valence-electron chi connectivity index (χ4n) is 1.81. The normalized spacial score (nSPS) is 14.0. The SMILES string of the molecule is NC(=O)[C@H](CCC(F)(F)F)c1cc(Cl)ccc1S(N)(=O)=O. The summed E-state index contributed by atoms with van der Waals surface area (Å²) in [7, 11) is -4.23. The van der Waals surface area contributed by atoms with Crippen molar-refractivity contribution < 1.29 is 26.4 Å². The first-order valence-electron chi connectivity index (χ1n) is 5.60. The lowest BCUT2D eigenvalue weighted by Gasteiger charge is -2.18. The number of halogens is 4. The lowest BCUT2D eigenvalue weighted by Crippen LogP contribution is -2.26. The van der Waals surface area contributed by atoms with E-state index in [1.54, 1.807) is 0 Å². The molecule has 0 fully saturated rings. The van der Waals surface area contributed by atoms with E-state index < -0.39 is 45.8 Å². The third-order valence-electron chi connectivity index (χ3n) is 2.71. The summed E-state index contributed by atoms with van der Waals surface area (Å²) in [6.07, 6.45) is -6.49. The highest BCUT2D eigenvalue weighted by Gasteiger charge is 2.32. The number of primary sulfonamides is 1. The molecule has 5 nitrogen and oxygen atoms in total. The number of benzene rings is 1. The van der Waals surface area contributed by atoms with Gasteiger partial charge in [0.15, 0.2) is 0 Å². The van der Waals surface area contributed by atoms with E-state index >= 15 is 0 Å². The number of rotatable bonds is 5. The van der Waals surface area contributed by atoms with E-state index in [1.807, 2.05) is 0 Å². The first kappa shape index (κ1) is 17.7. The number of carbonyl (C=O) groups is 1. The van der Waals surface area contributed by atoms with Gasteiger partial charge in [0.25, 0.3) is 0 Å². The highest BCUT2D eigenvalue weighted by molar-refractivity contribution is 7.89. The van der Waals surface area contributed by atoms with Gasteiger partial charge in [0.1, 0.15) is 0 Å². The molecule has 0 aromatic heterocycles. The molecule has 1 amide bonds. The molecular formula is C11H12ClF3N2O3S. The number of nitrogens with two attached hydrogens (primary N) is 2. The van der Waals surface area contributed by atoms with Crippen LogP contribution in [0.25, 0.3) is 0 Å². The van der Waals surface area contributed by atoms with Gasteiger partial charge in [0.05, 0.1) is 10.8 Å². The van der Waals surface area contributed by atoms with E-state index in [9.17, 15) is 26.4 Å². The maximum atomic E-state index is 12.3. The quantitative estimate of drug-likeness (QED) is 0.852. The predicted molar refractivity (Wildman–Crippen MR) is 70.0 cm³/mol. The number of alkyl halides is 3. The Morgan fingerprint density at radius 2 is 1.90 bits per heavy atom. The maximum absolute atomic E-state index is 12.3. The predicted octanol–water partition coefficient (Wildman–Crippen LogP) is 1.90. The molecule has 0 aliphatic heterocycles. The molecule has 10 heteroatoms. The molecule has 1 atom stereocenters. The van der Waals surface area contributed by atoms with Crippen molar-refractivity contribution in [3.05, 3.63) is 28.8 Å². The Labute approximate surface area is 124 Å². The van der Waals surface area contributed by atoms with Crippen molar-refractivity contribution in [1.29, 1.82) is 0 Å². The molecule has 0 aliphatic rings. The molecule has 0 aliphatic carbocycles. The zero-order valence-electron chi connectivity index (χ0n) is 10.5. The Kier molecular flexibility index (Phi) is 5.24. The average molecular weight is 345 g/mol. The van der Waals surface area contributed by atoms with E-state index in [-0.39, 0.29) is 10.6 Å². The number of primary amides is 1. The minimum Gasteiger partial charge on any atom is -0.369 e. The smallest absolute Gasteiger partial charge is 0.369 e. The topological polar surface area (TPSA) is 103 Å². The van der Waals surface area contributed by atoms with Crippen LogP contribution in [0.2, 0.25) is 5.02 Å². The Balaban J connectivity index is 3.31. The summed E-state index contributed by atoms with van der Waals surface area (Å²) in [5.41, 5.74) is 4.84. The van der Waals surface area contributed by atoms with Crippen LogP contribution < -0.4 is 10.9 Å². The van der Waals surface area contributed by atoms with Crippen molar-refractivity contribution in [3.8, 4) is 0 Å². The van der Waals surface area contributed by atoms with Crippen LogP contribution in [0.15, 0.2) is 23.1 Å². The summed E-state index contributed by atoms with van der Waals surface area (Å²) >= 11 is 5.70. The molecular weight excluding hydrogens is 333 g/mol. The summed E-state index contributed by atoms with van der Waals surface area (Å²) in [5.74, 6) is -2.55. The molecule has 0 saturated heterocycles. The van der Waals surface area contributed by atoms with E-state index in [1.165, 1.54) is 6.07 Å². The van der Waals surface area contributed by atoms with Gasteiger partial charge in [0, 0.05) is 11.4 Å². The summed E-state index contributed by atoms with van der Waals surface area (Å²) in [6, 6.07) is 3.30. The zero-order chi connectivity index (χ0) is 16.4. The van der Waals surface area contributed by atoms with Gasteiger partial charge in [-0.1, -0.05) is 11.6 Å². The Bertz CT molecular complexity index is 647. The number of hydrogen-bond acceptors (Lipinski definition) is 3. The molecule has 118 valence electrons. The minimum absolute atomic E-state index is 0.0515. The van der Waals surface area contributed by atoms with Gasteiger partial charge in [-0.3, -0.25) is 4.79 Å². The van der Waals surface area contributed by atoms with E-state index in [0.29, 0.717) is 0 Å². The van der Waals surface area contributed by atoms with Gasteiger partial charge in [-0.2, -0.15) is 13.2 Å². The van der Waals surface area contributed by atoms with Crippen molar-refractivity contribution in [2.24, 2.45) is 10.9 Å². The van der Waals surface area contributed by atoms with E-state index in [0.717, 1.165) is 12.1 Å². The molecule has 0 unspecified atom stereocenters. The van der Waals surface area contributed by atoms with Gasteiger partial charge in [-0.05, 0) is 30.2 Å². The standard InChI is InChI=1S/C11H12ClF3N2O3S/c12-6-1-2-9(21(17,19)20)8(5-6)7(10(16)18)3-4-11(13,14)15/h1-2,5,7H,3-4H2,(H2,16,18)(H2,17,19,20)/t7-/m1/s1. The Morgan fingerprint density at radius 3 is 2.33 bits per heavy atom. The molecule has 1 aromatic rings. The highest BCUT2D eigenvalue weighted by atomic mass is 35.5. The highest BCUT2D eigenvalue weighted by Crippen LogP contribution is 2.33.